The molecule has 0 unspecified atom stereocenters. The molecule has 0 N–H and O–H groups in total. The Morgan fingerprint density at radius 1 is 1.22 bits per heavy atom. The topological polar surface area (TPSA) is 80.8 Å². The van der Waals surface area contributed by atoms with Crippen molar-refractivity contribution in [2.24, 2.45) is 11.3 Å². The van der Waals surface area contributed by atoms with Gasteiger partial charge in [-0.25, -0.2) is 13.2 Å². The second-order valence-electron chi connectivity index (χ2n) is 7.98. The van der Waals surface area contributed by atoms with Crippen molar-refractivity contribution in [2.45, 2.75) is 45.4 Å². The lowest BCUT2D eigenvalue weighted by Crippen LogP contribution is -2.38. The maximum Gasteiger partial charge on any atom is 0.338 e. The van der Waals surface area contributed by atoms with Crippen molar-refractivity contribution in [1.82, 2.24) is 4.31 Å². The van der Waals surface area contributed by atoms with Crippen LogP contribution >= 0.6 is 15.9 Å². The number of halogens is 1. The molecule has 150 valence electrons. The van der Waals surface area contributed by atoms with Crippen molar-refractivity contribution in [3.8, 4) is 0 Å². The predicted octanol–water partition coefficient (Wildman–Crippen LogP) is 3.64. The molecule has 1 aromatic carbocycles. The van der Waals surface area contributed by atoms with Crippen molar-refractivity contribution >= 4 is 37.7 Å². The zero-order valence-corrected chi connectivity index (χ0v) is 18.5. The van der Waals surface area contributed by atoms with Gasteiger partial charge in [0.05, 0.1) is 10.5 Å². The van der Waals surface area contributed by atoms with Gasteiger partial charge in [-0.3, -0.25) is 4.79 Å². The smallest absolute Gasteiger partial charge is 0.338 e. The van der Waals surface area contributed by atoms with Crippen molar-refractivity contribution in [3.05, 3.63) is 28.2 Å². The molecule has 0 aromatic heterocycles. The Balaban J connectivity index is 2.20. The second-order valence-corrected chi connectivity index (χ2v) is 10.7. The fourth-order valence-electron chi connectivity index (χ4n) is 2.62. The number of esters is 1. The zero-order chi connectivity index (χ0) is 20.4. The third-order valence-electron chi connectivity index (χ3n) is 4.70. The number of Topliss-reactive ketones (excluding diaryl/α,β-unsaturated/α-hetero) is 1. The summed E-state index contributed by atoms with van der Waals surface area (Å²) in [5.41, 5.74) is -0.510. The number of ether oxygens (including phenoxy) is 1. The van der Waals surface area contributed by atoms with Crippen LogP contribution in [0.15, 0.2) is 27.6 Å². The fourth-order valence-corrected chi connectivity index (χ4v) is 5.04. The highest BCUT2D eigenvalue weighted by Gasteiger charge is 2.30. The molecule has 1 aliphatic rings. The van der Waals surface area contributed by atoms with E-state index in [9.17, 15) is 18.0 Å². The summed E-state index contributed by atoms with van der Waals surface area (Å²) in [6, 6.07) is 4.30. The second kappa shape index (κ2) is 8.41. The van der Waals surface area contributed by atoms with E-state index in [0.717, 1.165) is 12.8 Å². The molecule has 0 amide bonds. The molecule has 8 heteroatoms. The molecule has 6 nitrogen and oxygen atoms in total. The van der Waals surface area contributed by atoms with Crippen LogP contribution in [0.1, 0.15) is 50.9 Å². The first-order valence-corrected chi connectivity index (χ1v) is 11.2. The number of sulfonamides is 1. The molecular formula is C19H26BrNO5S. The summed E-state index contributed by atoms with van der Waals surface area (Å²) in [7, 11) is -3.71. The summed E-state index contributed by atoms with van der Waals surface area (Å²) < 4.78 is 32.9. The van der Waals surface area contributed by atoms with Gasteiger partial charge in [-0.05, 0) is 52.9 Å². The molecule has 0 bridgehead atoms. The molecule has 1 saturated heterocycles. The summed E-state index contributed by atoms with van der Waals surface area (Å²) in [6.45, 7) is 7.92. The summed E-state index contributed by atoms with van der Waals surface area (Å²) in [6.07, 6.45) is 1.63. The summed E-state index contributed by atoms with van der Waals surface area (Å²) in [4.78, 5) is 24.2. The minimum Gasteiger partial charge on any atom is -0.454 e. The van der Waals surface area contributed by atoms with Crippen LogP contribution in [0.3, 0.4) is 0 Å². The average molecular weight is 460 g/mol. The standard InChI is InChI=1S/C19H26BrNO5S/c1-13-7-9-21(10-8-13)27(24,25)16-11-14(5-6-15(16)20)18(23)26-12-17(22)19(2,3)4/h5-6,11,13H,7-10,12H2,1-4H3. The van der Waals surface area contributed by atoms with Gasteiger partial charge in [0.2, 0.25) is 10.0 Å². The number of nitrogens with zero attached hydrogens (tertiary/aromatic N) is 1. The maximum atomic E-state index is 13.0. The van der Waals surface area contributed by atoms with E-state index in [2.05, 4.69) is 22.9 Å². The van der Waals surface area contributed by atoms with E-state index >= 15 is 0 Å². The number of hydrogen-bond donors (Lipinski definition) is 0. The number of rotatable bonds is 5. The Hall–Kier alpha value is -1.25. The van der Waals surface area contributed by atoms with E-state index < -0.39 is 21.4 Å². The van der Waals surface area contributed by atoms with E-state index in [0.29, 0.717) is 23.5 Å². The van der Waals surface area contributed by atoms with Gasteiger partial charge in [0, 0.05) is 23.0 Å². The normalized spacial score (nSPS) is 16.9. The molecule has 2 rings (SSSR count). The van der Waals surface area contributed by atoms with E-state index in [-0.39, 0.29) is 22.8 Å². The summed E-state index contributed by atoms with van der Waals surface area (Å²) >= 11 is 3.27. The van der Waals surface area contributed by atoms with Crippen molar-refractivity contribution in [1.29, 1.82) is 0 Å². The highest BCUT2D eigenvalue weighted by atomic mass is 79.9. The number of hydrogen-bond acceptors (Lipinski definition) is 5. The monoisotopic (exact) mass is 459 g/mol. The van der Waals surface area contributed by atoms with Gasteiger partial charge < -0.3 is 4.74 Å². The van der Waals surface area contributed by atoms with Crippen molar-refractivity contribution in [2.75, 3.05) is 19.7 Å². The minimum atomic E-state index is -3.71. The quantitative estimate of drug-likeness (QED) is 0.627. The lowest BCUT2D eigenvalue weighted by molar-refractivity contribution is -0.129. The van der Waals surface area contributed by atoms with Crippen LogP contribution in [0.4, 0.5) is 0 Å². The van der Waals surface area contributed by atoms with E-state index in [1.807, 2.05) is 0 Å². The van der Waals surface area contributed by atoms with Gasteiger partial charge in [0.1, 0.15) is 0 Å². The predicted molar refractivity (Wildman–Crippen MR) is 106 cm³/mol. The Bertz CT molecular complexity index is 821. The van der Waals surface area contributed by atoms with Gasteiger partial charge in [-0.2, -0.15) is 4.31 Å². The van der Waals surface area contributed by atoms with Gasteiger partial charge in [0.15, 0.2) is 12.4 Å². The first kappa shape index (κ1) is 22.0. The molecule has 1 aromatic rings. The molecular weight excluding hydrogens is 434 g/mol. The molecule has 0 radical (unpaired) electrons. The van der Waals surface area contributed by atoms with Crippen LogP contribution in [0.5, 0.6) is 0 Å². The Morgan fingerprint density at radius 3 is 2.37 bits per heavy atom. The molecule has 1 heterocycles. The number of carbonyl (C=O) groups is 2. The summed E-state index contributed by atoms with van der Waals surface area (Å²) in [5.74, 6) is -0.423. The van der Waals surface area contributed by atoms with Crippen LogP contribution in [0, 0.1) is 11.3 Å². The molecule has 27 heavy (non-hydrogen) atoms. The summed E-state index contributed by atoms with van der Waals surface area (Å²) in [5, 5.41) is 0. The highest BCUT2D eigenvalue weighted by molar-refractivity contribution is 9.10. The van der Waals surface area contributed by atoms with Crippen molar-refractivity contribution < 1.29 is 22.7 Å². The number of benzene rings is 1. The SMILES string of the molecule is CC1CCN(S(=O)(=O)c2cc(C(=O)OCC(=O)C(C)(C)C)ccc2Br)CC1. The van der Waals surface area contributed by atoms with Crippen LogP contribution < -0.4 is 0 Å². The average Bonchev–Trinajstić information content (AvgIpc) is 2.59. The maximum absolute atomic E-state index is 13.0. The number of carbonyl (C=O) groups excluding carboxylic acids is 2. The zero-order valence-electron chi connectivity index (χ0n) is 16.1. The molecule has 0 spiro atoms. The number of ketones is 1. The van der Waals surface area contributed by atoms with Crippen molar-refractivity contribution in [3.63, 3.8) is 0 Å². The molecule has 0 atom stereocenters. The van der Waals surface area contributed by atoms with Gasteiger partial charge in [-0.1, -0.05) is 27.7 Å². The molecule has 0 saturated carbocycles. The van der Waals surface area contributed by atoms with Gasteiger partial charge in [0.25, 0.3) is 0 Å². The van der Waals surface area contributed by atoms with E-state index in [4.69, 9.17) is 4.74 Å². The molecule has 0 aliphatic carbocycles. The number of piperidine rings is 1. The third-order valence-corrected chi connectivity index (χ3v) is 7.59. The van der Waals surface area contributed by atoms with E-state index in [1.54, 1.807) is 20.8 Å². The fraction of sp³-hybridized carbons (Fsp3) is 0.579. The molecule has 1 aliphatic heterocycles. The van der Waals surface area contributed by atoms with Gasteiger partial charge in [-0.15, -0.1) is 0 Å². The van der Waals surface area contributed by atoms with Gasteiger partial charge >= 0.3 is 5.97 Å². The molecule has 1 fully saturated rings. The first-order chi connectivity index (χ1) is 12.4. The lowest BCUT2D eigenvalue weighted by atomic mass is 9.91. The highest BCUT2D eigenvalue weighted by Crippen LogP contribution is 2.29. The minimum absolute atomic E-state index is 0.0358. The third kappa shape index (κ3) is 5.39. The van der Waals surface area contributed by atoms with Crippen LogP contribution in [-0.4, -0.2) is 44.2 Å². The van der Waals surface area contributed by atoms with Crippen LogP contribution in [0.25, 0.3) is 0 Å². The Morgan fingerprint density at radius 2 is 1.81 bits per heavy atom. The first-order valence-electron chi connectivity index (χ1n) is 8.93. The largest absolute Gasteiger partial charge is 0.454 e. The van der Waals surface area contributed by atoms with Crippen LogP contribution in [-0.2, 0) is 19.6 Å². The Labute approximate surface area is 169 Å². The van der Waals surface area contributed by atoms with Crippen LogP contribution in [0.2, 0.25) is 0 Å². The Kier molecular flexibility index (Phi) is 6.86. The van der Waals surface area contributed by atoms with E-state index in [1.165, 1.54) is 22.5 Å². The lowest BCUT2D eigenvalue weighted by Gasteiger charge is -2.29.